The molecule has 11 heteroatoms. The highest BCUT2D eigenvalue weighted by molar-refractivity contribution is 7.86. The van der Waals surface area contributed by atoms with Crippen LogP contribution in [0.4, 0.5) is 0 Å². The highest BCUT2D eigenvalue weighted by Crippen LogP contribution is 2.29. The summed E-state index contributed by atoms with van der Waals surface area (Å²) < 4.78 is 36.5. The molecule has 0 aliphatic carbocycles. The largest absolute Gasteiger partial charge is 0.491 e. The average molecular weight is 735 g/mol. The second-order valence-electron chi connectivity index (χ2n) is 15.4. The Balaban J connectivity index is 0.000000810. The molecule has 1 amide bonds. The number of carbonyl (C=O) groups is 1. The van der Waals surface area contributed by atoms with E-state index in [1.165, 1.54) is 30.3 Å². The van der Waals surface area contributed by atoms with Crippen LogP contribution < -0.4 is 14.8 Å². The normalized spacial score (nSPS) is 13.4. The van der Waals surface area contributed by atoms with Crippen LogP contribution in [0.25, 0.3) is 5.57 Å². The van der Waals surface area contributed by atoms with Gasteiger partial charge in [-0.3, -0.25) is 13.9 Å². The molecule has 2 aromatic carbocycles. The van der Waals surface area contributed by atoms with Gasteiger partial charge in [0.25, 0.3) is 10.1 Å². The van der Waals surface area contributed by atoms with E-state index < -0.39 is 21.8 Å². The van der Waals surface area contributed by atoms with E-state index >= 15 is 0 Å². The molecule has 3 rings (SSSR count). The minimum atomic E-state index is -3.28. The predicted octanol–water partition coefficient (Wildman–Crippen LogP) is 7.00. The number of benzene rings is 2. The summed E-state index contributed by atoms with van der Waals surface area (Å²) in [7, 11) is -3.28. The summed E-state index contributed by atoms with van der Waals surface area (Å²) in [6.45, 7) is 30.3. The van der Waals surface area contributed by atoms with Crippen LogP contribution in [-0.2, 0) is 19.1 Å². The summed E-state index contributed by atoms with van der Waals surface area (Å²) in [4.78, 5) is 13.0. The highest BCUT2D eigenvalue weighted by atomic mass is 32.2. The molecular weight excluding hydrogens is 669 g/mol. The Morgan fingerprint density at radius 2 is 1.35 bits per heavy atom. The zero-order valence-electron chi connectivity index (χ0n) is 33.4. The van der Waals surface area contributed by atoms with Crippen molar-refractivity contribution in [3.63, 3.8) is 0 Å². The van der Waals surface area contributed by atoms with Crippen LogP contribution in [-0.4, -0.2) is 91.4 Å². The van der Waals surface area contributed by atoms with Crippen molar-refractivity contribution in [3.05, 3.63) is 77.9 Å². The van der Waals surface area contributed by atoms with E-state index in [1.54, 1.807) is 20.8 Å². The van der Waals surface area contributed by atoms with Crippen LogP contribution in [0.15, 0.2) is 66.8 Å². The molecule has 1 aliphatic rings. The quantitative estimate of drug-likeness (QED) is 0.127. The molecule has 290 valence electrons. The SMILES string of the molecule is C=CC(=O)NC(C)(C)C.CC(C)(C)N1CC1.CC(C)(C)OS(C)(=O)=O.CCC(O)COc1ccc(C(=C(C)C)c2ccc(OCCO)cc2)cc1. The molecule has 1 heterocycles. The fourth-order valence-corrected chi connectivity index (χ4v) is 5.16. The molecule has 10 nitrogen and oxygen atoms in total. The number of hydrogen-bond acceptors (Lipinski definition) is 9. The highest BCUT2D eigenvalue weighted by Gasteiger charge is 2.29. The lowest BCUT2D eigenvalue weighted by atomic mass is 9.94. The smallest absolute Gasteiger partial charge is 0.264 e. The number of rotatable bonds is 11. The van der Waals surface area contributed by atoms with Crippen LogP contribution in [0, 0.1) is 0 Å². The number of aliphatic hydroxyl groups excluding tert-OH is 2. The minimum absolute atomic E-state index is 0.00464. The first-order valence-corrected chi connectivity index (χ1v) is 19.2. The summed E-state index contributed by atoms with van der Waals surface area (Å²) >= 11 is 0. The summed E-state index contributed by atoms with van der Waals surface area (Å²) in [5.41, 5.74) is 4.29. The molecule has 3 N–H and O–H groups in total. The van der Waals surface area contributed by atoms with Gasteiger partial charge in [-0.05, 0) is 130 Å². The van der Waals surface area contributed by atoms with Crippen molar-refractivity contribution in [2.45, 2.75) is 112 Å². The van der Waals surface area contributed by atoms with E-state index in [4.69, 9.17) is 14.6 Å². The van der Waals surface area contributed by atoms with Gasteiger partial charge in [0.15, 0.2) is 0 Å². The summed E-state index contributed by atoms with van der Waals surface area (Å²) in [5.74, 6) is 1.37. The van der Waals surface area contributed by atoms with Gasteiger partial charge in [-0.2, -0.15) is 8.42 Å². The minimum Gasteiger partial charge on any atom is -0.491 e. The van der Waals surface area contributed by atoms with Crippen molar-refractivity contribution in [2.75, 3.05) is 39.2 Å². The third-order valence-corrected chi connectivity index (χ3v) is 7.34. The van der Waals surface area contributed by atoms with Crippen LogP contribution >= 0.6 is 0 Å². The number of allylic oxidation sites excluding steroid dienone is 1. The lowest BCUT2D eigenvalue weighted by molar-refractivity contribution is -0.117. The molecule has 2 aromatic rings. The number of ether oxygens (including phenoxy) is 2. The van der Waals surface area contributed by atoms with Crippen molar-refractivity contribution in [2.24, 2.45) is 0 Å². The molecule has 1 atom stereocenters. The molecule has 1 fully saturated rings. The fourth-order valence-electron chi connectivity index (χ4n) is 4.25. The Hall–Kier alpha value is -3.22. The van der Waals surface area contributed by atoms with Gasteiger partial charge in [0, 0.05) is 24.2 Å². The van der Waals surface area contributed by atoms with Crippen LogP contribution in [0.2, 0.25) is 0 Å². The third kappa shape index (κ3) is 24.6. The molecule has 1 saturated heterocycles. The van der Waals surface area contributed by atoms with Gasteiger partial charge >= 0.3 is 0 Å². The molecule has 1 aliphatic heterocycles. The van der Waals surface area contributed by atoms with Crippen LogP contribution in [0.5, 0.6) is 11.5 Å². The second-order valence-corrected chi connectivity index (χ2v) is 16.9. The standard InChI is InChI=1S/C22H28O4.C7H13NO.C6H13N.C5H12O3S/c1-4-19(24)15-26-21-11-7-18(8-12-21)22(16(2)3)17-5-9-20(10-6-17)25-14-13-23;1-5-6(9)8-7(2,3)4;1-6(2,3)7-4-5-7;1-5(2,3)8-9(4,6)7/h5-12,19,23-24H,4,13-15H2,1-3H3;5H,1H2,2-4H3,(H,8,9);4-5H2,1-3H3;1-4H3. The number of aliphatic hydroxyl groups is 2. The number of nitrogens with one attached hydrogen (secondary N) is 1. The van der Waals surface area contributed by atoms with Gasteiger partial charge in [0.05, 0.1) is 24.6 Å². The van der Waals surface area contributed by atoms with E-state index in [0.29, 0.717) is 25.2 Å². The summed E-state index contributed by atoms with van der Waals surface area (Å²) in [6, 6.07) is 15.8. The number of amides is 1. The van der Waals surface area contributed by atoms with Gasteiger partial charge < -0.3 is 25.0 Å². The van der Waals surface area contributed by atoms with E-state index in [0.717, 1.165) is 28.9 Å². The maximum absolute atomic E-state index is 10.6. The molecule has 0 spiro atoms. The van der Waals surface area contributed by atoms with E-state index in [1.807, 2.05) is 76.2 Å². The second kappa shape index (κ2) is 22.0. The van der Waals surface area contributed by atoms with Gasteiger partial charge in [0.1, 0.15) is 24.7 Å². The van der Waals surface area contributed by atoms with Crippen molar-refractivity contribution < 1.29 is 37.1 Å². The lowest BCUT2D eigenvalue weighted by Gasteiger charge is -2.18. The Labute approximate surface area is 309 Å². The lowest BCUT2D eigenvalue weighted by Crippen LogP contribution is -2.39. The van der Waals surface area contributed by atoms with Crippen molar-refractivity contribution in [3.8, 4) is 11.5 Å². The van der Waals surface area contributed by atoms with Gasteiger partial charge in [-0.1, -0.05) is 43.3 Å². The maximum Gasteiger partial charge on any atom is 0.264 e. The Kier molecular flexibility index (Phi) is 20.6. The molecule has 0 aromatic heterocycles. The van der Waals surface area contributed by atoms with E-state index in [-0.39, 0.29) is 18.1 Å². The Morgan fingerprint density at radius 3 is 1.59 bits per heavy atom. The van der Waals surface area contributed by atoms with Crippen LogP contribution in [0.3, 0.4) is 0 Å². The number of hydrogen-bond donors (Lipinski definition) is 3. The molecule has 0 saturated carbocycles. The van der Waals surface area contributed by atoms with Crippen molar-refractivity contribution in [1.82, 2.24) is 10.2 Å². The zero-order valence-corrected chi connectivity index (χ0v) is 34.2. The molecule has 1 unspecified atom stereocenters. The topological polar surface area (TPSA) is 134 Å². The van der Waals surface area contributed by atoms with Crippen molar-refractivity contribution >= 4 is 21.6 Å². The Morgan fingerprint density at radius 1 is 0.902 bits per heavy atom. The van der Waals surface area contributed by atoms with Gasteiger partial charge in [0.2, 0.25) is 5.91 Å². The van der Waals surface area contributed by atoms with Gasteiger partial charge in [-0.15, -0.1) is 0 Å². The monoisotopic (exact) mass is 734 g/mol. The molecule has 0 radical (unpaired) electrons. The van der Waals surface area contributed by atoms with E-state index in [2.05, 4.69) is 55.6 Å². The Bertz CT molecular complexity index is 1440. The molecule has 51 heavy (non-hydrogen) atoms. The van der Waals surface area contributed by atoms with E-state index in [9.17, 15) is 18.3 Å². The maximum atomic E-state index is 10.6. The summed E-state index contributed by atoms with van der Waals surface area (Å²) in [6.07, 6.45) is 2.55. The zero-order chi connectivity index (χ0) is 39.6. The molecule has 0 bridgehead atoms. The first-order chi connectivity index (χ1) is 23.3. The summed E-state index contributed by atoms with van der Waals surface area (Å²) in [5, 5.41) is 21.2. The number of carbonyl (C=O) groups excluding carboxylic acids is 1. The fraction of sp³-hybridized carbons (Fsp3) is 0.575. The van der Waals surface area contributed by atoms with Gasteiger partial charge in [-0.25, -0.2) is 0 Å². The van der Waals surface area contributed by atoms with Crippen LogP contribution in [0.1, 0.15) is 101 Å². The predicted molar refractivity (Wildman–Crippen MR) is 210 cm³/mol. The first-order valence-electron chi connectivity index (χ1n) is 17.3. The first kappa shape index (κ1) is 47.8. The molecular formula is C40H66N2O8S. The third-order valence-electron chi connectivity index (χ3n) is 6.54. The average Bonchev–Trinajstić information content (AvgIpc) is 3.85. The number of nitrogens with zero attached hydrogens (tertiary/aromatic N) is 1. The van der Waals surface area contributed by atoms with Crippen molar-refractivity contribution in [1.29, 1.82) is 0 Å².